The maximum atomic E-state index is 15.4. The van der Waals surface area contributed by atoms with E-state index in [2.05, 4.69) is 5.32 Å². The number of alkyl carbamates (subject to hydrolysis) is 1. The van der Waals surface area contributed by atoms with Crippen molar-refractivity contribution in [2.75, 3.05) is 6.61 Å². The SMILES string of the molecule is CC(=O)O[C@H]1C(=O)[C@@]2(C)[C@H]([C@H](OC(=O)c3ccccc3)[C@]3(O)CC(OC(=O)[C@H](O)[C@@H](NC(=O)OC(C)(C)C)c4ccco4)C(C)=C1C3(C)C)[C@]1(OC(C)=O)CO[C@@H]1C[C@@H]2O. The van der Waals surface area contributed by atoms with E-state index in [0.717, 1.165) is 13.8 Å². The topological polar surface area (TPSA) is 244 Å². The second-order valence-electron chi connectivity index (χ2n) is 17.8. The predicted octanol–water partition coefficient (Wildman–Crippen LogP) is 3.42. The van der Waals surface area contributed by atoms with Crippen molar-refractivity contribution in [3.63, 3.8) is 0 Å². The minimum Gasteiger partial charge on any atom is -0.467 e. The number of Topliss-reactive ketones (excluding diaryl/α,β-unsaturated/α-hetero) is 1. The highest BCUT2D eigenvalue weighted by atomic mass is 16.6. The summed E-state index contributed by atoms with van der Waals surface area (Å²) in [5.41, 5.74) is -8.72. The van der Waals surface area contributed by atoms with Crippen LogP contribution in [-0.4, -0.2) is 111 Å². The third-order valence-electron chi connectivity index (χ3n) is 12.5. The molecule has 4 N–H and O–H groups in total. The number of ether oxygens (including phenoxy) is 6. The van der Waals surface area contributed by atoms with Crippen molar-refractivity contribution in [3.8, 4) is 0 Å². The summed E-state index contributed by atoms with van der Waals surface area (Å²) in [5.74, 6) is -6.44. The third-order valence-corrected chi connectivity index (χ3v) is 12.5. The van der Waals surface area contributed by atoms with E-state index in [0.29, 0.717) is 0 Å². The van der Waals surface area contributed by atoms with Crippen LogP contribution in [0.5, 0.6) is 0 Å². The quantitative estimate of drug-likeness (QED) is 0.161. The Morgan fingerprint density at radius 1 is 0.950 bits per heavy atom. The molecule has 2 saturated carbocycles. The van der Waals surface area contributed by atoms with Crippen LogP contribution in [0.15, 0.2) is 64.3 Å². The van der Waals surface area contributed by atoms with Gasteiger partial charge in [-0.1, -0.05) is 32.0 Å². The molecule has 60 heavy (non-hydrogen) atoms. The molecule has 1 amide bonds. The summed E-state index contributed by atoms with van der Waals surface area (Å²) in [6, 6.07) is 9.12. The van der Waals surface area contributed by atoms with Crippen molar-refractivity contribution < 1.29 is 76.9 Å². The molecule has 1 aliphatic heterocycles. The zero-order chi connectivity index (χ0) is 44.3. The first-order valence-corrected chi connectivity index (χ1v) is 19.7. The number of aliphatic hydroxyl groups excluding tert-OH is 2. The first-order valence-electron chi connectivity index (χ1n) is 19.7. The number of nitrogens with one attached hydrogen (secondary N) is 1. The molecule has 4 aliphatic rings. The number of ketones is 1. The van der Waals surface area contributed by atoms with Gasteiger partial charge in [0.15, 0.2) is 23.6 Å². The Balaban J connectivity index is 1.54. The Morgan fingerprint density at radius 3 is 2.17 bits per heavy atom. The van der Waals surface area contributed by atoms with E-state index in [1.54, 1.807) is 52.8 Å². The number of hydrogen-bond acceptors (Lipinski definition) is 16. The lowest BCUT2D eigenvalue weighted by atomic mass is 9.44. The fraction of sp³-hybridized carbons (Fsp3) is 0.581. The number of carbonyl (C=O) groups is 6. The van der Waals surface area contributed by atoms with Gasteiger partial charge in [-0.15, -0.1) is 0 Å². The number of hydrogen-bond donors (Lipinski definition) is 4. The highest BCUT2D eigenvalue weighted by Crippen LogP contribution is 2.64. The molecule has 0 radical (unpaired) electrons. The zero-order valence-corrected chi connectivity index (χ0v) is 35.0. The van der Waals surface area contributed by atoms with Gasteiger partial charge in [0.25, 0.3) is 0 Å². The maximum absolute atomic E-state index is 15.4. The van der Waals surface area contributed by atoms with Crippen molar-refractivity contribution >= 4 is 35.8 Å². The van der Waals surface area contributed by atoms with Crippen LogP contribution in [0.1, 0.15) is 97.3 Å². The van der Waals surface area contributed by atoms with Crippen molar-refractivity contribution in [1.82, 2.24) is 5.32 Å². The summed E-state index contributed by atoms with van der Waals surface area (Å²) in [6.07, 6.45) is -10.5. The van der Waals surface area contributed by atoms with Crippen molar-refractivity contribution in [2.45, 2.75) is 135 Å². The van der Waals surface area contributed by atoms with E-state index >= 15 is 4.79 Å². The van der Waals surface area contributed by atoms with Gasteiger partial charge in [0.2, 0.25) is 0 Å². The number of benzene rings is 1. The number of amides is 1. The van der Waals surface area contributed by atoms with Gasteiger partial charge < -0.3 is 53.5 Å². The standard InChI is InChI=1S/C43H53NO16/c1-21-26(57-37(51)31(48)30(25-16-13-17-54-25)44-38(52)60-39(4,5)6)19-43(53)35(58-36(50)24-14-11-10-12-15-24)33-41(9,27(47)18-28-42(33,20-55-28)59-23(3)46)34(49)32(56-22(2)45)29(21)40(43,7)8/h10-17,26-28,30-33,35,47-48,53H,18-20H2,1-9H3,(H,44,52)/t26?,27-,28+,30-,31+,32+,33-,35-,41+,42-,43+/m0/s1. The predicted molar refractivity (Wildman–Crippen MR) is 205 cm³/mol. The molecule has 2 bridgehead atoms. The Kier molecular flexibility index (Phi) is 11.7. The van der Waals surface area contributed by atoms with Gasteiger partial charge in [-0.3, -0.25) is 14.4 Å². The molecule has 6 rings (SSSR count). The lowest BCUT2D eigenvalue weighted by Gasteiger charge is -2.67. The van der Waals surface area contributed by atoms with Crippen molar-refractivity contribution in [2.24, 2.45) is 16.7 Å². The fourth-order valence-corrected chi connectivity index (χ4v) is 9.57. The van der Waals surface area contributed by atoms with Crippen molar-refractivity contribution in [1.29, 1.82) is 0 Å². The molecule has 3 fully saturated rings. The smallest absolute Gasteiger partial charge is 0.408 e. The molecule has 3 aliphatic carbocycles. The third kappa shape index (κ3) is 7.49. The molecule has 11 atom stereocenters. The molecule has 1 saturated heterocycles. The lowest BCUT2D eigenvalue weighted by molar-refractivity contribution is -0.346. The zero-order valence-electron chi connectivity index (χ0n) is 35.0. The summed E-state index contributed by atoms with van der Waals surface area (Å²) in [7, 11) is 0. The number of esters is 4. The van der Waals surface area contributed by atoms with E-state index in [1.165, 1.54) is 44.4 Å². The second-order valence-corrected chi connectivity index (χ2v) is 17.8. The highest BCUT2D eigenvalue weighted by molar-refractivity contribution is 5.95. The first kappa shape index (κ1) is 44.5. The number of rotatable bonds is 9. The minimum atomic E-state index is -2.41. The fourth-order valence-electron chi connectivity index (χ4n) is 9.57. The first-order chi connectivity index (χ1) is 27.9. The summed E-state index contributed by atoms with van der Waals surface area (Å²) in [5, 5.41) is 39.6. The van der Waals surface area contributed by atoms with Crippen LogP contribution in [0.4, 0.5) is 4.79 Å². The molecular weight excluding hydrogens is 786 g/mol. The second kappa shape index (κ2) is 15.7. The molecule has 1 aromatic heterocycles. The van der Waals surface area contributed by atoms with Crippen LogP contribution in [0.2, 0.25) is 0 Å². The van der Waals surface area contributed by atoms with E-state index < -0.39 is 118 Å². The highest BCUT2D eigenvalue weighted by Gasteiger charge is 2.78. The number of furan rings is 1. The van der Waals surface area contributed by atoms with Crippen LogP contribution in [0.3, 0.4) is 0 Å². The average Bonchev–Trinajstić information content (AvgIpc) is 3.69. The van der Waals surface area contributed by atoms with Gasteiger partial charge in [-0.25, -0.2) is 14.4 Å². The van der Waals surface area contributed by atoms with E-state index in [1.807, 2.05) is 0 Å². The average molecular weight is 840 g/mol. The molecule has 1 aromatic carbocycles. The number of aliphatic hydroxyl groups is 3. The van der Waals surface area contributed by atoms with Gasteiger partial charge >= 0.3 is 30.0 Å². The molecule has 1 unspecified atom stereocenters. The van der Waals surface area contributed by atoms with Crippen LogP contribution in [0, 0.1) is 16.7 Å². The molecule has 0 spiro atoms. The number of fused-ring (bicyclic) bond motifs is 5. The Morgan fingerprint density at radius 2 is 1.62 bits per heavy atom. The molecule has 17 heteroatoms. The van der Waals surface area contributed by atoms with E-state index in [9.17, 15) is 39.3 Å². The van der Waals surface area contributed by atoms with Crippen LogP contribution >= 0.6 is 0 Å². The molecular formula is C43H53NO16. The molecule has 2 aromatic rings. The lowest BCUT2D eigenvalue weighted by Crippen LogP contribution is -2.82. The molecule has 17 nitrogen and oxygen atoms in total. The maximum Gasteiger partial charge on any atom is 0.408 e. The van der Waals surface area contributed by atoms with Crippen molar-refractivity contribution in [3.05, 3.63) is 71.2 Å². The molecule has 326 valence electrons. The Bertz CT molecular complexity index is 2050. The molecule has 2 heterocycles. The van der Waals surface area contributed by atoms with E-state index in [-0.39, 0.29) is 35.5 Å². The normalized spacial score (nSPS) is 32.9. The summed E-state index contributed by atoms with van der Waals surface area (Å²) in [6.45, 7) is 12.7. The summed E-state index contributed by atoms with van der Waals surface area (Å²) in [4.78, 5) is 82.5. The monoisotopic (exact) mass is 839 g/mol. The van der Waals surface area contributed by atoms with Gasteiger partial charge in [-0.05, 0) is 70.0 Å². The van der Waals surface area contributed by atoms with Gasteiger partial charge in [-0.2, -0.15) is 0 Å². The van der Waals surface area contributed by atoms with Crippen LogP contribution in [-0.2, 0) is 47.6 Å². The largest absolute Gasteiger partial charge is 0.467 e. The van der Waals surface area contributed by atoms with Gasteiger partial charge in [0.1, 0.15) is 41.3 Å². The number of carbonyl (C=O) groups excluding carboxylic acids is 6. The van der Waals surface area contributed by atoms with Gasteiger partial charge in [0, 0.05) is 32.1 Å². The Labute approximate surface area is 346 Å². The van der Waals surface area contributed by atoms with Crippen LogP contribution in [0.25, 0.3) is 0 Å². The summed E-state index contributed by atoms with van der Waals surface area (Å²) >= 11 is 0. The summed E-state index contributed by atoms with van der Waals surface area (Å²) < 4.78 is 40.8. The minimum absolute atomic E-state index is 0.0284. The van der Waals surface area contributed by atoms with Crippen LogP contribution < -0.4 is 5.32 Å². The van der Waals surface area contributed by atoms with Gasteiger partial charge in [0.05, 0.1) is 35.9 Å². The Hall–Kier alpha value is -5.10. The van der Waals surface area contributed by atoms with E-state index in [4.69, 9.17) is 32.8 Å².